The summed E-state index contributed by atoms with van der Waals surface area (Å²) in [6.07, 6.45) is 11.9. The van der Waals surface area contributed by atoms with Crippen molar-refractivity contribution in [3.05, 3.63) is 75.7 Å². The molecule has 1 N–H and O–H groups in total. The number of pyridine rings is 1. The number of aryl methyl sites for hydroxylation is 2. The van der Waals surface area contributed by atoms with E-state index < -0.39 is 0 Å². The second kappa shape index (κ2) is 8.83. The zero-order valence-corrected chi connectivity index (χ0v) is 22.6. The second-order valence-corrected chi connectivity index (χ2v) is 11.9. The summed E-state index contributed by atoms with van der Waals surface area (Å²) in [6, 6.07) is 3.45. The van der Waals surface area contributed by atoms with Gasteiger partial charge < -0.3 is 14.3 Å². The first-order valence-corrected chi connectivity index (χ1v) is 13.4. The van der Waals surface area contributed by atoms with Crippen molar-refractivity contribution >= 4 is 11.0 Å². The average Bonchev–Trinajstić information content (AvgIpc) is 3.29. The number of hydrogen-bond donors (Lipinski definition) is 1. The van der Waals surface area contributed by atoms with Gasteiger partial charge in [-0.25, -0.2) is 4.39 Å². The molecular weight excluding hydrogens is 481 g/mol. The topological polar surface area (TPSA) is 85.8 Å². The standard InChI is InChI=1S/C30H34FN5O2/c1-17-11-30(12-17,28-35-33-16-36(28)5)21-9-20(13-32-14-21)24-15-38-27-18(2)25(31)22(10-23(27)26(24)37)19(3)34-29(4)7-6-8-29/h9-10,13-17,19,34H,6-8,11-12H2,1-5H3. The normalized spacial score (nSPS) is 23.2. The van der Waals surface area contributed by atoms with Crippen molar-refractivity contribution in [2.45, 2.75) is 76.8 Å². The molecule has 0 aliphatic heterocycles. The van der Waals surface area contributed by atoms with Crippen molar-refractivity contribution in [3.8, 4) is 11.1 Å². The number of fused-ring (bicyclic) bond motifs is 1. The quantitative estimate of drug-likeness (QED) is 0.352. The van der Waals surface area contributed by atoms with Crippen molar-refractivity contribution in [1.29, 1.82) is 0 Å². The summed E-state index contributed by atoms with van der Waals surface area (Å²) >= 11 is 0. The summed E-state index contributed by atoms with van der Waals surface area (Å²) in [5, 5.41) is 12.5. The Kier molecular flexibility index (Phi) is 5.79. The molecule has 0 bridgehead atoms. The van der Waals surface area contributed by atoms with Crippen LogP contribution in [0.1, 0.15) is 81.4 Å². The molecule has 8 heteroatoms. The van der Waals surface area contributed by atoms with Crippen LogP contribution in [0.5, 0.6) is 0 Å². The Morgan fingerprint density at radius 1 is 1.24 bits per heavy atom. The molecule has 3 heterocycles. The molecule has 0 saturated heterocycles. The lowest BCUT2D eigenvalue weighted by molar-refractivity contribution is 0.185. The van der Waals surface area contributed by atoms with Gasteiger partial charge in [0.1, 0.15) is 29.8 Å². The highest BCUT2D eigenvalue weighted by Crippen LogP contribution is 2.51. The van der Waals surface area contributed by atoms with Gasteiger partial charge in [0.25, 0.3) is 0 Å². The second-order valence-electron chi connectivity index (χ2n) is 11.9. The van der Waals surface area contributed by atoms with Gasteiger partial charge in [0.05, 0.1) is 16.4 Å². The lowest BCUT2D eigenvalue weighted by atomic mass is 9.58. The molecule has 4 aromatic rings. The predicted molar refractivity (Wildman–Crippen MR) is 144 cm³/mol. The van der Waals surface area contributed by atoms with E-state index in [0.29, 0.717) is 33.6 Å². The van der Waals surface area contributed by atoms with E-state index >= 15 is 4.39 Å². The van der Waals surface area contributed by atoms with Crippen LogP contribution in [0, 0.1) is 18.7 Å². The average molecular weight is 516 g/mol. The number of aromatic nitrogens is 4. The largest absolute Gasteiger partial charge is 0.463 e. The van der Waals surface area contributed by atoms with Crippen LogP contribution in [-0.2, 0) is 12.5 Å². The Bertz CT molecular complexity index is 1600. The van der Waals surface area contributed by atoms with Crippen LogP contribution in [0.2, 0.25) is 0 Å². The van der Waals surface area contributed by atoms with Crippen LogP contribution >= 0.6 is 0 Å². The first-order chi connectivity index (χ1) is 18.1. The lowest BCUT2D eigenvalue weighted by Gasteiger charge is -2.45. The SMILES string of the molecule is Cc1c(F)c(C(C)NC2(C)CCC2)cc2c(=O)c(-c3cncc(C4(c5nncn5C)CC(C)C4)c3)coc12. The Labute approximate surface area is 221 Å². The van der Waals surface area contributed by atoms with Crippen molar-refractivity contribution in [3.63, 3.8) is 0 Å². The number of halogens is 1. The third-order valence-corrected chi connectivity index (χ3v) is 8.88. The fourth-order valence-corrected chi connectivity index (χ4v) is 6.65. The number of nitrogens with zero attached hydrogens (tertiary/aromatic N) is 4. The predicted octanol–water partition coefficient (Wildman–Crippen LogP) is 5.74. The highest BCUT2D eigenvalue weighted by molar-refractivity contribution is 5.85. The maximum atomic E-state index is 15.4. The van der Waals surface area contributed by atoms with Crippen LogP contribution in [0.25, 0.3) is 22.1 Å². The smallest absolute Gasteiger partial charge is 0.200 e. The van der Waals surface area contributed by atoms with E-state index in [2.05, 4.69) is 34.3 Å². The Hall–Kier alpha value is -3.39. The fourth-order valence-electron chi connectivity index (χ4n) is 6.65. The Morgan fingerprint density at radius 3 is 2.63 bits per heavy atom. The molecule has 2 fully saturated rings. The molecule has 2 aliphatic rings. The third kappa shape index (κ3) is 3.80. The summed E-state index contributed by atoms with van der Waals surface area (Å²) in [5.74, 6) is 1.12. The van der Waals surface area contributed by atoms with Crippen molar-refractivity contribution < 1.29 is 8.81 Å². The van der Waals surface area contributed by atoms with E-state index in [1.165, 1.54) is 12.7 Å². The van der Waals surface area contributed by atoms with Gasteiger partial charge in [-0.05, 0) is 76.5 Å². The van der Waals surface area contributed by atoms with E-state index in [-0.39, 0.29) is 33.8 Å². The number of nitrogens with one attached hydrogen (secondary N) is 1. The maximum absolute atomic E-state index is 15.4. The van der Waals surface area contributed by atoms with Gasteiger partial charge in [-0.15, -0.1) is 10.2 Å². The molecule has 6 rings (SSSR count). The highest BCUT2D eigenvalue weighted by Gasteiger charge is 2.48. The molecular formula is C30H34FN5O2. The minimum atomic E-state index is -0.329. The molecule has 1 aromatic carbocycles. The molecule has 1 atom stereocenters. The van der Waals surface area contributed by atoms with Crippen LogP contribution in [0.15, 0.2) is 46.3 Å². The Morgan fingerprint density at radius 2 is 2.00 bits per heavy atom. The van der Waals surface area contributed by atoms with E-state index in [1.807, 2.05) is 30.8 Å². The zero-order chi connectivity index (χ0) is 26.8. The minimum absolute atomic E-state index is 0.00501. The monoisotopic (exact) mass is 515 g/mol. The first kappa shape index (κ1) is 24.9. The van der Waals surface area contributed by atoms with Crippen LogP contribution < -0.4 is 10.7 Å². The molecule has 2 aliphatic carbocycles. The van der Waals surface area contributed by atoms with Gasteiger partial charge in [-0.1, -0.05) is 6.92 Å². The summed E-state index contributed by atoms with van der Waals surface area (Å²) in [7, 11) is 1.95. The minimum Gasteiger partial charge on any atom is -0.463 e. The first-order valence-electron chi connectivity index (χ1n) is 13.4. The van der Waals surface area contributed by atoms with E-state index in [0.717, 1.165) is 37.1 Å². The van der Waals surface area contributed by atoms with Gasteiger partial charge >= 0.3 is 0 Å². The molecule has 198 valence electrons. The number of hydrogen-bond acceptors (Lipinski definition) is 6. The number of rotatable bonds is 6. The van der Waals surface area contributed by atoms with Crippen molar-refractivity contribution in [1.82, 2.24) is 25.1 Å². The summed E-state index contributed by atoms with van der Waals surface area (Å²) in [5.41, 5.74) is 2.75. The lowest BCUT2D eigenvalue weighted by Crippen LogP contribution is -2.49. The van der Waals surface area contributed by atoms with Crippen LogP contribution in [-0.4, -0.2) is 25.3 Å². The molecule has 0 amide bonds. The van der Waals surface area contributed by atoms with Gasteiger partial charge in [-0.3, -0.25) is 9.78 Å². The van der Waals surface area contributed by atoms with Gasteiger partial charge in [-0.2, -0.15) is 0 Å². The molecule has 1 unspecified atom stereocenters. The number of benzene rings is 1. The molecule has 2 saturated carbocycles. The van der Waals surface area contributed by atoms with Gasteiger partial charge in [0.15, 0.2) is 0 Å². The third-order valence-electron chi connectivity index (χ3n) is 8.88. The highest BCUT2D eigenvalue weighted by atomic mass is 19.1. The van der Waals surface area contributed by atoms with Crippen molar-refractivity contribution in [2.75, 3.05) is 0 Å². The maximum Gasteiger partial charge on any atom is 0.200 e. The van der Waals surface area contributed by atoms with Crippen molar-refractivity contribution in [2.24, 2.45) is 13.0 Å². The summed E-state index contributed by atoms with van der Waals surface area (Å²) < 4.78 is 23.3. The fraction of sp³-hybridized carbons (Fsp3) is 0.467. The summed E-state index contributed by atoms with van der Waals surface area (Å²) in [6.45, 7) is 8.02. The zero-order valence-electron chi connectivity index (χ0n) is 22.6. The molecule has 7 nitrogen and oxygen atoms in total. The molecule has 38 heavy (non-hydrogen) atoms. The van der Waals surface area contributed by atoms with Crippen LogP contribution in [0.4, 0.5) is 4.39 Å². The molecule has 3 aromatic heterocycles. The van der Waals surface area contributed by atoms with Gasteiger partial charge in [0, 0.05) is 47.7 Å². The van der Waals surface area contributed by atoms with E-state index in [1.54, 1.807) is 25.5 Å². The van der Waals surface area contributed by atoms with Gasteiger partial charge in [0.2, 0.25) is 5.43 Å². The van der Waals surface area contributed by atoms with E-state index in [9.17, 15) is 4.79 Å². The van der Waals surface area contributed by atoms with E-state index in [4.69, 9.17) is 4.42 Å². The Balaban J connectivity index is 1.44. The molecule has 0 radical (unpaired) electrons. The van der Waals surface area contributed by atoms with Crippen LogP contribution in [0.3, 0.4) is 0 Å². The summed E-state index contributed by atoms with van der Waals surface area (Å²) in [4.78, 5) is 18.4. The molecule has 0 spiro atoms.